The van der Waals surface area contributed by atoms with Crippen LogP contribution in [0, 0.1) is 0 Å². The topological polar surface area (TPSA) is 62.6 Å². The molecule has 1 heterocycles. The molecule has 0 aromatic carbocycles. The summed E-state index contributed by atoms with van der Waals surface area (Å²) in [7, 11) is 4.35. The molecule has 0 spiro atoms. The third-order valence-electron chi connectivity index (χ3n) is 1.32. The number of carbonyl (C=O) groups excluding carboxylic acids is 1. The third kappa shape index (κ3) is 2.11. The van der Waals surface area contributed by atoms with E-state index in [4.69, 9.17) is 9.47 Å². The van der Waals surface area contributed by atoms with Gasteiger partial charge in [0.05, 0.1) is 20.4 Å². The summed E-state index contributed by atoms with van der Waals surface area (Å²) in [6.07, 6.45) is 0.710. The molecule has 0 atom stereocenters. The van der Waals surface area contributed by atoms with Crippen LogP contribution in [0.2, 0.25) is 0 Å². The zero-order valence-corrected chi connectivity index (χ0v) is 7.60. The van der Waals surface area contributed by atoms with E-state index in [0.717, 1.165) is 0 Å². The van der Waals surface area contributed by atoms with E-state index in [1.807, 2.05) is 0 Å². The molecule has 0 amide bonds. The number of methoxy groups -OCH3 is 2. The molecule has 1 aromatic rings. The Morgan fingerprint density at radius 2 is 2.23 bits per heavy atom. The Morgan fingerprint density at radius 3 is 2.77 bits per heavy atom. The molecule has 0 aliphatic carbocycles. The van der Waals surface area contributed by atoms with E-state index in [0.29, 0.717) is 0 Å². The van der Waals surface area contributed by atoms with Crippen molar-refractivity contribution in [2.24, 2.45) is 7.05 Å². The predicted molar refractivity (Wildman–Crippen MR) is 42.8 cm³/mol. The fraction of sp³-hybridized carbons (Fsp3) is 0.429. The first kappa shape index (κ1) is 9.37. The van der Waals surface area contributed by atoms with Crippen molar-refractivity contribution in [1.82, 2.24) is 9.78 Å². The summed E-state index contributed by atoms with van der Waals surface area (Å²) in [5.41, 5.74) is 0. The minimum absolute atomic E-state index is 0.233. The lowest BCUT2D eigenvalue weighted by Crippen LogP contribution is -2.07. The van der Waals surface area contributed by atoms with Crippen molar-refractivity contribution in [3.63, 3.8) is 0 Å². The molecule has 72 valence electrons. The largest absolute Gasteiger partial charge is 0.513 e. The number of hydrogen-bond donors (Lipinski definition) is 0. The van der Waals surface area contributed by atoms with E-state index in [9.17, 15) is 4.79 Å². The van der Waals surface area contributed by atoms with Gasteiger partial charge >= 0.3 is 6.16 Å². The summed E-state index contributed by atoms with van der Waals surface area (Å²) in [6.45, 7) is 0. The molecule has 1 aromatic heterocycles. The average molecular weight is 186 g/mol. The zero-order chi connectivity index (χ0) is 9.84. The van der Waals surface area contributed by atoms with Crippen LogP contribution in [-0.2, 0) is 11.8 Å². The standard InChI is InChI=1S/C7H10N2O4/c1-9-4-5(6(8-9)11-2)13-7(10)12-3/h4H,1-3H3. The molecule has 0 fully saturated rings. The lowest BCUT2D eigenvalue weighted by Gasteiger charge is -2.00. The summed E-state index contributed by atoms with van der Waals surface area (Å²) in [5.74, 6) is 0.477. The Balaban J connectivity index is 2.80. The van der Waals surface area contributed by atoms with Crippen molar-refractivity contribution in [3.05, 3.63) is 6.20 Å². The molecule has 13 heavy (non-hydrogen) atoms. The molecule has 0 saturated heterocycles. The van der Waals surface area contributed by atoms with Crippen LogP contribution in [0.3, 0.4) is 0 Å². The summed E-state index contributed by atoms with van der Waals surface area (Å²) in [4.78, 5) is 10.7. The van der Waals surface area contributed by atoms with Gasteiger partial charge in [-0.05, 0) is 0 Å². The quantitative estimate of drug-likeness (QED) is 0.632. The lowest BCUT2D eigenvalue weighted by atomic mass is 10.6. The highest BCUT2D eigenvalue weighted by Crippen LogP contribution is 2.24. The third-order valence-corrected chi connectivity index (χ3v) is 1.32. The van der Waals surface area contributed by atoms with Crippen LogP contribution < -0.4 is 9.47 Å². The predicted octanol–water partition coefficient (Wildman–Crippen LogP) is 0.574. The van der Waals surface area contributed by atoms with Crippen molar-refractivity contribution in [2.75, 3.05) is 14.2 Å². The molecule has 0 aliphatic heterocycles. The first-order valence-corrected chi connectivity index (χ1v) is 3.50. The highest BCUT2D eigenvalue weighted by atomic mass is 16.7. The van der Waals surface area contributed by atoms with Crippen LogP contribution in [0.4, 0.5) is 4.79 Å². The highest BCUT2D eigenvalue weighted by Gasteiger charge is 2.13. The maximum atomic E-state index is 10.7. The van der Waals surface area contributed by atoms with E-state index >= 15 is 0 Å². The van der Waals surface area contributed by atoms with E-state index in [1.54, 1.807) is 7.05 Å². The Bertz CT molecular complexity index is 307. The van der Waals surface area contributed by atoms with Crippen molar-refractivity contribution in [1.29, 1.82) is 0 Å². The van der Waals surface area contributed by atoms with Crippen LogP contribution in [0.1, 0.15) is 0 Å². The van der Waals surface area contributed by atoms with Gasteiger partial charge in [0.15, 0.2) is 0 Å². The van der Waals surface area contributed by atoms with Gasteiger partial charge < -0.3 is 14.2 Å². The van der Waals surface area contributed by atoms with E-state index in [2.05, 4.69) is 9.84 Å². The molecule has 6 nitrogen and oxygen atoms in total. The zero-order valence-electron chi connectivity index (χ0n) is 7.60. The van der Waals surface area contributed by atoms with Crippen molar-refractivity contribution in [3.8, 4) is 11.6 Å². The molecule has 0 saturated carbocycles. The number of carbonyl (C=O) groups is 1. The van der Waals surface area contributed by atoms with Gasteiger partial charge in [-0.3, -0.25) is 4.68 Å². The van der Waals surface area contributed by atoms with Gasteiger partial charge in [-0.25, -0.2) is 4.79 Å². The molecule has 0 aliphatic rings. The number of aryl methyl sites for hydroxylation is 1. The second-order valence-corrected chi connectivity index (χ2v) is 2.23. The van der Waals surface area contributed by atoms with Gasteiger partial charge in [0, 0.05) is 7.05 Å². The van der Waals surface area contributed by atoms with Crippen molar-refractivity contribution < 1.29 is 19.0 Å². The normalized spacial score (nSPS) is 9.46. The van der Waals surface area contributed by atoms with Crippen LogP contribution >= 0.6 is 0 Å². The molecule has 6 heteroatoms. The summed E-state index contributed by atoms with van der Waals surface area (Å²) in [6, 6.07) is 0. The molecule has 1 rings (SSSR count). The number of ether oxygens (including phenoxy) is 3. The maximum absolute atomic E-state index is 10.7. The summed E-state index contributed by atoms with van der Waals surface area (Å²) in [5, 5.41) is 3.88. The molecular weight excluding hydrogens is 176 g/mol. The van der Waals surface area contributed by atoms with Crippen LogP contribution in [-0.4, -0.2) is 30.2 Å². The monoisotopic (exact) mass is 186 g/mol. The lowest BCUT2D eigenvalue weighted by molar-refractivity contribution is 0.120. The summed E-state index contributed by atoms with van der Waals surface area (Å²) >= 11 is 0. The Labute approximate surface area is 75.0 Å². The fourth-order valence-corrected chi connectivity index (χ4v) is 0.789. The number of hydrogen-bond acceptors (Lipinski definition) is 5. The SMILES string of the molecule is COC(=O)Oc1cn(C)nc1OC. The number of rotatable bonds is 2. The molecule has 0 unspecified atom stereocenters. The highest BCUT2D eigenvalue weighted by molar-refractivity contribution is 5.64. The Hall–Kier alpha value is -1.72. The average Bonchev–Trinajstić information content (AvgIpc) is 2.46. The van der Waals surface area contributed by atoms with Crippen LogP contribution in [0.15, 0.2) is 6.20 Å². The first-order valence-electron chi connectivity index (χ1n) is 3.50. The minimum Gasteiger partial charge on any atom is -0.477 e. The van der Waals surface area contributed by atoms with Gasteiger partial charge in [-0.1, -0.05) is 0 Å². The molecule has 0 bridgehead atoms. The maximum Gasteiger partial charge on any atom is 0.513 e. The second-order valence-electron chi connectivity index (χ2n) is 2.23. The fourth-order valence-electron chi connectivity index (χ4n) is 0.789. The number of nitrogens with zero attached hydrogens (tertiary/aromatic N) is 2. The Morgan fingerprint density at radius 1 is 1.54 bits per heavy atom. The Kier molecular flexibility index (Phi) is 2.73. The number of aromatic nitrogens is 2. The van der Waals surface area contributed by atoms with Crippen LogP contribution in [0.25, 0.3) is 0 Å². The minimum atomic E-state index is -0.800. The van der Waals surface area contributed by atoms with Crippen LogP contribution in [0.5, 0.6) is 11.6 Å². The molecule has 0 radical (unpaired) electrons. The van der Waals surface area contributed by atoms with Gasteiger partial charge in [0.1, 0.15) is 0 Å². The molecule has 0 N–H and O–H groups in total. The van der Waals surface area contributed by atoms with E-state index in [1.165, 1.54) is 25.1 Å². The molecular formula is C7H10N2O4. The van der Waals surface area contributed by atoms with E-state index < -0.39 is 6.16 Å². The van der Waals surface area contributed by atoms with Crippen molar-refractivity contribution in [2.45, 2.75) is 0 Å². The first-order chi connectivity index (χ1) is 6.17. The summed E-state index contributed by atoms with van der Waals surface area (Å²) < 4.78 is 15.4. The van der Waals surface area contributed by atoms with Gasteiger partial charge in [0.25, 0.3) is 5.88 Å². The van der Waals surface area contributed by atoms with Crippen molar-refractivity contribution >= 4 is 6.16 Å². The smallest absolute Gasteiger partial charge is 0.477 e. The van der Waals surface area contributed by atoms with Gasteiger partial charge in [-0.2, -0.15) is 0 Å². The van der Waals surface area contributed by atoms with Gasteiger partial charge in [-0.15, -0.1) is 5.10 Å². The van der Waals surface area contributed by atoms with E-state index in [-0.39, 0.29) is 11.6 Å². The van der Waals surface area contributed by atoms with Gasteiger partial charge in [0.2, 0.25) is 5.75 Å². The second kappa shape index (κ2) is 3.79.